The van der Waals surface area contributed by atoms with Crippen LogP contribution in [0.2, 0.25) is 0 Å². The van der Waals surface area contributed by atoms with Gasteiger partial charge in [-0.25, -0.2) is 13.1 Å². The minimum Gasteiger partial charge on any atom is -0.454 e. The molecule has 40 heavy (non-hydrogen) atoms. The Morgan fingerprint density at radius 1 is 1.07 bits per heavy atom. The fourth-order valence-corrected chi connectivity index (χ4v) is 6.56. The van der Waals surface area contributed by atoms with Crippen molar-refractivity contribution >= 4 is 16.2 Å². The number of hydrogen-bond donors (Lipinski definition) is 1. The largest absolute Gasteiger partial charge is 0.454 e. The molecule has 0 amide bonds. The highest BCUT2D eigenvalue weighted by Gasteiger charge is 2.27. The molecule has 0 aliphatic carbocycles. The molecule has 3 aromatic carbocycles. The van der Waals surface area contributed by atoms with Gasteiger partial charge in [0, 0.05) is 31.8 Å². The van der Waals surface area contributed by atoms with Crippen LogP contribution in [0.4, 0.5) is 0 Å². The van der Waals surface area contributed by atoms with E-state index in [4.69, 9.17) is 19.3 Å². The number of ether oxygens (including phenoxy) is 3. The molecule has 0 radical (unpaired) electrons. The molecule has 5 rings (SSSR count). The van der Waals surface area contributed by atoms with Gasteiger partial charge in [0.1, 0.15) is 0 Å². The summed E-state index contributed by atoms with van der Waals surface area (Å²) in [6, 6.07) is 22.6. The number of hydrazone groups is 1. The number of fused-ring (bicyclic) bond motifs is 1. The number of benzene rings is 3. The summed E-state index contributed by atoms with van der Waals surface area (Å²) >= 11 is 0. The Balaban J connectivity index is 1.45. The van der Waals surface area contributed by atoms with Gasteiger partial charge in [-0.2, -0.15) is 5.10 Å². The first-order valence-corrected chi connectivity index (χ1v) is 15.2. The summed E-state index contributed by atoms with van der Waals surface area (Å²) in [7, 11) is -2.03. The van der Waals surface area contributed by atoms with Crippen LogP contribution in [0.25, 0.3) is 0 Å². The number of aryl methyl sites for hydroxylation is 1. The van der Waals surface area contributed by atoms with E-state index in [0.29, 0.717) is 30.9 Å². The van der Waals surface area contributed by atoms with Gasteiger partial charge in [-0.05, 0) is 68.0 Å². The predicted octanol–water partition coefficient (Wildman–Crippen LogP) is 4.88. The smallest absolute Gasteiger partial charge is 0.240 e. The molecule has 8 nitrogen and oxygen atoms in total. The predicted molar refractivity (Wildman–Crippen MR) is 155 cm³/mol. The zero-order chi connectivity index (χ0) is 28.0. The van der Waals surface area contributed by atoms with Crippen LogP contribution in [0.15, 0.2) is 82.8 Å². The maximum Gasteiger partial charge on any atom is 0.240 e. The monoisotopic (exact) mass is 563 g/mol. The molecular formula is C31H37N3O5S. The van der Waals surface area contributed by atoms with Gasteiger partial charge in [0.05, 0.1) is 17.5 Å². The summed E-state index contributed by atoms with van der Waals surface area (Å²) in [5.74, 6) is 1.22. The number of nitrogens with one attached hydrogen (secondary N) is 1. The van der Waals surface area contributed by atoms with Crippen LogP contribution < -0.4 is 14.2 Å². The Hall–Kier alpha value is -3.40. The zero-order valence-corrected chi connectivity index (χ0v) is 23.8. The van der Waals surface area contributed by atoms with Gasteiger partial charge >= 0.3 is 0 Å². The van der Waals surface area contributed by atoms with E-state index >= 15 is 0 Å². The number of nitrogens with zero attached hydrogens (tertiary/aromatic N) is 2. The molecule has 0 bridgehead atoms. The highest BCUT2D eigenvalue weighted by molar-refractivity contribution is 7.89. The van der Waals surface area contributed by atoms with Crippen molar-refractivity contribution < 1.29 is 22.6 Å². The second-order valence-corrected chi connectivity index (χ2v) is 12.2. The average Bonchev–Trinajstić information content (AvgIpc) is 3.60. The van der Waals surface area contributed by atoms with Crippen LogP contribution in [-0.2, 0) is 21.2 Å². The first-order chi connectivity index (χ1) is 19.4. The van der Waals surface area contributed by atoms with E-state index in [1.807, 2.05) is 73.8 Å². The second kappa shape index (κ2) is 12.8. The van der Waals surface area contributed by atoms with E-state index in [2.05, 4.69) is 9.73 Å². The maximum atomic E-state index is 13.5. The van der Waals surface area contributed by atoms with Gasteiger partial charge in [-0.3, -0.25) is 5.01 Å². The van der Waals surface area contributed by atoms with Gasteiger partial charge < -0.3 is 14.2 Å². The third kappa shape index (κ3) is 7.02. The van der Waals surface area contributed by atoms with E-state index in [1.54, 1.807) is 19.2 Å². The minimum absolute atomic E-state index is 0.173. The van der Waals surface area contributed by atoms with Crippen molar-refractivity contribution in [1.29, 1.82) is 0 Å². The van der Waals surface area contributed by atoms with Crippen molar-refractivity contribution in [2.45, 2.75) is 55.5 Å². The standard InChI is InChI=1S/C31H37N3O5S/c1-23-10-13-29(14-11-23)40(35,36)33-27(17-24-7-4-3-5-8-24)18-26(20-32-34-16-6-9-28(34)21-37-2)25-12-15-30-31(19-25)39-22-38-30/h3-5,7-8,10-15,19-20,26-28,33H,6,9,16-18,21-22H2,1-2H3/b32-20+/t26-,27+,28-/m0/s1. The fraction of sp³-hybridized carbons (Fsp3) is 0.387. The van der Waals surface area contributed by atoms with Gasteiger partial charge in [-0.1, -0.05) is 54.1 Å². The minimum atomic E-state index is -3.75. The molecule has 3 aromatic rings. The van der Waals surface area contributed by atoms with E-state index < -0.39 is 10.0 Å². The second-order valence-electron chi connectivity index (χ2n) is 10.5. The van der Waals surface area contributed by atoms with Gasteiger partial charge in [0.2, 0.25) is 16.8 Å². The van der Waals surface area contributed by atoms with Gasteiger partial charge in [-0.15, -0.1) is 0 Å². The Labute approximate surface area is 237 Å². The number of hydrogen-bond acceptors (Lipinski definition) is 7. The summed E-state index contributed by atoms with van der Waals surface area (Å²) in [5, 5.41) is 6.99. The fourth-order valence-electron chi connectivity index (χ4n) is 5.31. The molecule has 2 heterocycles. The lowest BCUT2D eigenvalue weighted by atomic mass is 9.90. The SMILES string of the molecule is COC[C@@H]1CCCN1/N=C/[C@H](C[C@@H](Cc1ccccc1)NS(=O)(=O)c1ccc(C)cc1)c1ccc2c(c1)OCO2. The van der Waals surface area contributed by atoms with E-state index in [1.165, 1.54) is 0 Å². The zero-order valence-electron chi connectivity index (χ0n) is 23.0. The molecule has 1 saturated heterocycles. The van der Waals surface area contributed by atoms with Crippen LogP contribution in [0.1, 0.15) is 41.9 Å². The van der Waals surface area contributed by atoms with Crippen molar-refractivity contribution in [3.8, 4) is 11.5 Å². The van der Waals surface area contributed by atoms with Crippen molar-refractivity contribution in [3.63, 3.8) is 0 Å². The summed E-state index contributed by atoms with van der Waals surface area (Å²) < 4.78 is 46.6. The highest BCUT2D eigenvalue weighted by Crippen LogP contribution is 2.36. The molecule has 212 valence electrons. The van der Waals surface area contributed by atoms with Gasteiger partial charge in [0.25, 0.3) is 0 Å². The van der Waals surface area contributed by atoms with Crippen LogP contribution in [0, 0.1) is 6.92 Å². The molecule has 3 atom stereocenters. The number of sulfonamides is 1. The molecule has 0 unspecified atom stereocenters. The van der Waals surface area contributed by atoms with E-state index in [-0.39, 0.29) is 29.7 Å². The number of methoxy groups -OCH3 is 1. The Morgan fingerprint density at radius 2 is 1.85 bits per heavy atom. The molecular weight excluding hydrogens is 526 g/mol. The molecule has 2 aliphatic rings. The molecule has 1 N–H and O–H groups in total. The van der Waals surface area contributed by atoms with Crippen molar-refractivity contribution in [1.82, 2.24) is 9.73 Å². The maximum absolute atomic E-state index is 13.5. The van der Waals surface area contributed by atoms with Crippen molar-refractivity contribution in [2.24, 2.45) is 5.10 Å². The van der Waals surface area contributed by atoms with Crippen LogP contribution in [0.5, 0.6) is 11.5 Å². The molecule has 2 aliphatic heterocycles. The first-order valence-electron chi connectivity index (χ1n) is 13.7. The summed E-state index contributed by atoms with van der Waals surface area (Å²) in [6.07, 6.45) is 5.09. The highest BCUT2D eigenvalue weighted by atomic mass is 32.2. The molecule has 0 saturated carbocycles. The van der Waals surface area contributed by atoms with Crippen LogP contribution >= 0.6 is 0 Å². The third-order valence-electron chi connectivity index (χ3n) is 7.44. The lowest BCUT2D eigenvalue weighted by Gasteiger charge is -2.25. The van der Waals surface area contributed by atoms with E-state index in [0.717, 1.165) is 36.1 Å². The molecule has 1 fully saturated rings. The quantitative estimate of drug-likeness (QED) is 0.316. The molecule has 0 spiro atoms. The Morgan fingerprint density at radius 3 is 2.62 bits per heavy atom. The lowest BCUT2D eigenvalue weighted by Crippen LogP contribution is -2.38. The lowest BCUT2D eigenvalue weighted by molar-refractivity contribution is 0.118. The molecule has 9 heteroatoms. The van der Waals surface area contributed by atoms with Crippen LogP contribution in [-0.4, -0.2) is 58.8 Å². The Kier molecular flexibility index (Phi) is 9.04. The first kappa shape index (κ1) is 28.1. The van der Waals surface area contributed by atoms with E-state index in [9.17, 15) is 8.42 Å². The average molecular weight is 564 g/mol. The summed E-state index contributed by atoms with van der Waals surface area (Å²) in [6.45, 7) is 3.62. The number of rotatable bonds is 12. The third-order valence-corrected chi connectivity index (χ3v) is 8.98. The van der Waals surface area contributed by atoms with Crippen LogP contribution in [0.3, 0.4) is 0 Å². The summed E-state index contributed by atoms with van der Waals surface area (Å²) in [4.78, 5) is 0.254. The normalized spacial score (nSPS) is 18.4. The molecule has 0 aromatic heterocycles. The Bertz CT molecular complexity index is 1400. The summed E-state index contributed by atoms with van der Waals surface area (Å²) in [5.41, 5.74) is 3.05. The van der Waals surface area contributed by atoms with Crippen molar-refractivity contribution in [3.05, 3.63) is 89.5 Å². The topological polar surface area (TPSA) is 89.5 Å². The van der Waals surface area contributed by atoms with Crippen molar-refractivity contribution in [2.75, 3.05) is 27.1 Å². The van der Waals surface area contributed by atoms with Gasteiger partial charge in [0.15, 0.2) is 11.5 Å².